The van der Waals surface area contributed by atoms with Crippen LogP contribution in [0.15, 0.2) is 34.9 Å². The van der Waals surface area contributed by atoms with Gasteiger partial charge in [0.25, 0.3) is 10.2 Å². The molecule has 1 aromatic heterocycles. The monoisotopic (exact) mass is 353 g/mol. The quantitative estimate of drug-likeness (QED) is 0.828. The summed E-state index contributed by atoms with van der Waals surface area (Å²) < 4.78 is 46.1. The van der Waals surface area contributed by atoms with Gasteiger partial charge in [0, 0.05) is 27.1 Å². The van der Waals surface area contributed by atoms with Gasteiger partial charge in [0.05, 0.1) is 6.20 Å². The molecule has 1 aliphatic rings. The number of benzene rings is 1. The smallest absolute Gasteiger partial charge is 0.282 e. The molecule has 1 aliphatic heterocycles. The Bertz CT molecular complexity index is 802. The molecule has 0 radical (unpaired) electrons. The summed E-state index contributed by atoms with van der Waals surface area (Å²) in [5.74, 6) is 0.758. The van der Waals surface area contributed by atoms with E-state index >= 15 is 0 Å². The van der Waals surface area contributed by atoms with Crippen LogP contribution in [-0.4, -0.2) is 42.7 Å². The fourth-order valence-electron chi connectivity index (χ4n) is 2.83. The average molecular weight is 353 g/mol. The highest BCUT2D eigenvalue weighted by molar-refractivity contribution is 7.86. The van der Waals surface area contributed by atoms with E-state index in [1.165, 1.54) is 34.8 Å². The molecule has 6 nitrogen and oxygen atoms in total. The minimum Gasteiger partial charge on any atom is -0.444 e. The third-order valence-corrected chi connectivity index (χ3v) is 6.06. The zero-order valence-corrected chi connectivity index (χ0v) is 14.5. The zero-order chi connectivity index (χ0) is 17.3. The highest BCUT2D eigenvalue weighted by atomic mass is 32.2. The Kier molecular flexibility index (Phi) is 4.71. The molecule has 24 heavy (non-hydrogen) atoms. The molecule has 0 N–H and O–H groups in total. The van der Waals surface area contributed by atoms with Gasteiger partial charge in [-0.05, 0) is 30.5 Å². The van der Waals surface area contributed by atoms with Crippen molar-refractivity contribution in [3.63, 3.8) is 0 Å². The molecular weight excluding hydrogens is 333 g/mol. The van der Waals surface area contributed by atoms with Crippen molar-refractivity contribution in [1.29, 1.82) is 0 Å². The molecule has 1 atom stereocenters. The summed E-state index contributed by atoms with van der Waals surface area (Å²) >= 11 is 0. The lowest BCUT2D eigenvalue weighted by atomic mass is 10.1. The normalized spacial score (nSPS) is 19.2. The van der Waals surface area contributed by atoms with Gasteiger partial charge < -0.3 is 4.42 Å². The summed E-state index contributed by atoms with van der Waals surface area (Å²) in [4.78, 5) is 4.27. The SMILES string of the molecule is CN(C)S(=O)(=O)N1CCC[C@H]1c1ncc(Cc2ccc(F)cc2)o1. The molecule has 2 aromatic rings. The Morgan fingerprint density at radius 1 is 1.33 bits per heavy atom. The first-order chi connectivity index (χ1) is 11.4. The highest BCUT2D eigenvalue weighted by Gasteiger charge is 2.39. The van der Waals surface area contributed by atoms with Crippen LogP contribution >= 0.6 is 0 Å². The predicted octanol–water partition coefficient (Wildman–Crippen LogP) is 2.35. The summed E-state index contributed by atoms with van der Waals surface area (Å²) in [5, 5.41) is 0. The van der Waals surface area contributed by atoms with Crippen LogP contribution in [0.4, 0.5) is 4.39 Å². The van der Waals surface area contributed by atoms with Crippen molar-refractivity contribution in [2.75, 3.05) is 20.6 Å². The van der Waals surface area contributed by atoms with Gasteiger partial charge in [-0.15, -0.1) is 0 Å². The number of hydrogen-bond acceptors (Lipinski definition) is 4. The second kappa shape index (κ2) is 6.62. The van der Waals surface area contributed by atoms with Crippen LogP contribution in [0.1, 0.15) is 36.1 Å². The Hall–Kier alpha value is -1.77. The fourth-order valence-corrected chi connectivity index (χ4v) is 4.13. The number of halogens is 1. The molecule has 2 heterocycles. The Morgan fingerprint density at radius 2 is 2.04 bits per heavy atom. The maximum atomic E-state index is 13.0. The maximum absolute atomic E-state index is 13.0. The molecule has 3 rings (SSSR count). The van der Waals surface area contributed by atoms with Crippen molar-refractivity contribution in [3.05, 3.63) is 53.5 Å². The highest BCUT2D eigenvalue weighted by Crippen LogP contribution is 2.34. The van der Waals surface area contributed by atoms with Crippen molar-refractivity contribution < 1.29 is 17.2 Å². The molecular formula is C16H20FN3O3S. The van der Waals surface area contributed by atoms with Gasteiger partial charge in [0.15, 0.2) is 0 Å². The van der Waals surface area contributed by atoms with Crippen LogP contribution in [0.2, 0.25) is 0 Å². The number of nitrogens with zero attached hydrogens (tertiary/aromatic N) is 3. The van der Waals surface area contributed by atoms with Crippen molar-refractivity contribution in [2.45, 2.75) is 25.3 Å². The van der Waals surface area contributed by atoms with Crippen LogP contribution in [0, 0.1) is 5.82 Å². The standard InChI is InChI=1S/C16H20FN3O3S/c1-19(2)24(21,22)20-9-3-4-15(20)16-18-11-14(23-16)10-12-5-7-13(17)8-6-12/h5-8,11,15H,3-4,9-10H2,1-2H3/t15-/m0/s1. The van der Waals surface area contributed by atoms with E-state index in [0.717, 1.165) is 12.0 Å². The minimum absolute atomic E-state index is 0.285. The molecule has 0 unspecified atom stereocenters. The first-order valence-corrected chi connectivity index (χ1v) is 9.16. The summed E-state index contributed by atoms with van der Waals surface area (Å²) in [6, 6.07) is 5.80. The molecule has 0 saturated carbocycles. The van der Waals surface area contributed by atoms with Crippen molar-refractivity contribution in [2.24, 2.45) is 0 Å². The second-order valence-corrected chi connectivity index (χ2v) is 8.12. The number of oxazole rings is 1. The Balaban J connectivity index is 1.78. The van der Waals surface area contributed by atoms with Crippen molar-refractivity contribution in [3.8, 4) is 0 Å². The van der Waals surface area contributed by atoms with E-state index < -0.39 is 10.2 Å². The molecule has 0 aliphatic carbocycles. The topological polar surface area (TPSA) is 66.7 Å². The minimum atomic E-state index is -3.50. The summed E-state index contributed by atoms with van der Waals surface area (Å²) in [6.45, 7) is 0.459. The van der Waals surface area contributed by atoms with Gasteiger partial charge in [-0.25, -0.2) is 9.37 Å². The van der Waals surface area contributed by atoms with Gasteiger partial charge in [0.2, 0.25) is 5.89 Å². The van der Waals surface area contributed by atoms with Crippen LogP contribution in [0.3, 0.4) is 0 Å². The molecule has 1 aromatic carbocycles. The van der Waals surface area contributed by atoms with Crippen LogP contribution < -0.4 is 0 Å². The lowest BCUT2D eigenvalue weighted by Gasteiger charge is -2.25. The number of rotatable bonds is 5. The van der Waals surface area contributed by atoms with E-state index in [0.29, 0.717) is 31.0 Å². The molecule has 1 fully saturated rings. The molecule has 0 spiro atoms. The summed E-state index contributed by atoms with van der Waals surface area (Å²) in [6.07, 6.45) is 3.55. The van der Waals surface area contributed by atoms with Gasteiger partial charge in [-0.3, -0.25) is 0 Å². The van der Waals surface area contributed by atoms with Gasteiger partial charge >= 0.3 is 0 Å². The van der Waals surface area contributed by atoms with Crippen LogP contribution in [0.5, 0.6) is 0 Å². The van der Waals surface area contributed by atoms with Gasteiger partial charge in [0.1, 0.15) is 17.6 Å². The molecule has 1 saturated heterocycles. The average Bonchev–Trinajstić information content (AvgIpc) is 3.18. The predicted molar refractivity (Wildman–Crippen MR) is 87.0 cm³/mol. The van der Waals surface area contributed by atoms with E-state index in [9.17, 15) is 12.8 Å². The van der Waals surface area contributed by atoms with E-state index in [4.69, 9.17) is 4.42 Å². The van der Waals surface area contributed by atoms with Crippen LogP contribution in [-0.2, 0) is 16.6 Å². The Morgan fingerprint density at radius 3 is 2.71 bits per heavy atom. The fraction of sp³-hybridized carbons (Fsp3) is 0.438. The zero-order valence-electron chi connectivity index (χ0n) is 13.6. The first-order valence-electron chi connectivity index (χ1n) is 7.76. The van der Waals surface area contributed by atoms with E-state index in [2.05, 4.69) is 4.98 Å². The Labute approximate surface area is 141 Å². The third kappa shape index (κ3) is 3.35. The van der Waals surface area contributed by atoms with Gasteiger partial charge in [-0.2, -0.15) is 17.0 Å². The molecule has 0 bridgehead atoms. The second-order valence-electron chi connectivity index (χ2n) is 6.03. The number of hydrogen-bond donors (Lipinski definition) is 0. The number of aromatic nitrogens is 1. The van der Waals surface area contributed by atoms with Crippen molar-refractivity contribution in [1.82, 2.24) is 13.6 Å². The van der Waals surface area contributed by atoms with E-state index in [1.54, 1.807) is 18.3 Å². The van der Waals surface area contributed by atoms with Crippen molar-refractivity contribution >= 4 is 10.2 Å². The first kappa shape index (κ1) is 17.1. The largest absolute Gasteiger partial charge is 0.444 e. The molecule has 8 heteroatoms. The molecule has 130 valence electrons. The van der Waals surface area contributed by atoms with Gasteiger partial charge in [-0.1, -0.05) is 12.1 Å². The van der Waals surface area contributed by atoms with E-state index in [1.807, 2.05) is 0 Å². The maximum Gasteiger partial charge on any atom is 0.282 e. The van der Waals surface area contributed by atoms with E-state index in [-0.39, 0.29) is 11.9 Å². The summed E-state index contributed by atoms with van der Waals surface area (Å²) in [5.41, 5.74) is 0.906. The van der Waals surface area contributed by atoms with Crippen LogP contribution in [0.25, 0.3) is 0 Å². The molecule has 0 amide bonds. The lowest BCUT2D eigenvalue weighted by Crippen LogP contribution is -2.39. The summed E-state index contributed by atoms with van der Waals surface area (Å²) in [7, 11) is -0.475. The third-order valence-electron chi connectivity index (χ3n) is 4.11. The lowest BCUT2D eigenvalue weighted by molar-refractivity contribution is 0.306.